The van der Waals surface area contributed by atoms with Gasteiger partial charge in [0.05, 0.1) is 0 Å². The Kier molecular flexibility index (Phi) is 13.8. The molecule has 0 aromatic carbocycles. The molecule has 0 amide bonds. The van der Waals surface area contributed by atoms with E-state index >= 15 is 0 Å². The molecular weight excluding hydrogens is 170 g/mol. The minimum Gasteiger partial charge on any atom is -0.663 e. The average Bonchev–Trinajstić information content (AvgIpc) is 1.72. The number of nitrogens with zero attached hydrogens (tertiary/aromatic N) is 1. The Morgan fingerprint density at radius 3 is 1.75 bits per heavy atom. The second-order valence-electron chi connectivity index (χ2n) is 1.54. The average molecular weight is 181 g/mol. The number of hydrogen-bond donors (Lipinski definition) is 0. The summed E-state index contributed by atoms with van der Waals surface area (Å²) in [4.78, 5) is 0. The zero-order valence-corrected chi connectivity index (χ0v) is 10.8. The molecule has 0 spiro atoms. The third-order valence-electron chi connectivity index (χ3n) is 0.983. The summed E-state index contributed by atoms with van der Waals surface area (Å²) < 4.78 is 0. The first-order valence-corrected chi connectivity index (χ1v) is 2.45. The quantitative estimate of drug-likeness (QED) is 0.315. The summed E-state index contributed by atoms with van der Waals surface area (Å²) in [6, 6.07) is 0. The van der Waals surface area contributed by atoms with Crippen LogP contribution in [0.3, 0.4) is 0 Å². The first-order valence-electron chi connectivity index (χ1n) is 2.45. The van der Waals surface area contributed by atoms with Gasteiger partial charge in [-0.3, -0.25) is 0 Å². The van der Waals surface area contributed by atoms with Crippen LogP contribution in [0.5, 0.6) is 0 Å². The standard InChI is InChI=1S/C4H8BN.CH3.Rb/c1-3-6-4-2-5-1;;/h1-4H2;1H3;/q2*-1;+1. The van der Waals surface area contributed by atoms with Gasteiger partial charge in [0.25, 0.3) is 0 Å². The minimum absolute atomic E-state index is 0. The van der Waals surface area contributed by atoms with Crippen molar-refractivity contribution in [2.24, 2.45) is 0 Å². The Bertz CT molecular complexity index is 27.9. The molecule has 0 N–H and O–H groups in total. The van der Waals surface area contributed by atoms with Crippen LogP contribution < -0.4 is 58.2 Å². The summed E-state index contributed by atoms with van der Waals surface area (Å²) in [6.45, 7) is 2.14. The molecule has 0 saturated carbocycles. The second-order valence-corrected chi connectivity index (χ2v) is 1.54. The van der Waals surface area contributed by atoms with Crippen LogP contribution in [0, 0.1) is 7.43 Å². The normalized spacial score (nSPS) is 17.0. The zero-order valence-electron chi connectivity index (χ0n) is 5.85. The van der Waals surface area contributed by atoms with E-state index in [2.05, 4.69) is 12.6 Å². The smallest absolute Gasteiger partial charge is 0.663 e. The summed E-state index contributed by atoms with van der Waals surface area (Å²) in [5, 5.41) is 4.15. The van der Waals surface area contributed by atoms with Crippen LogP contribution in [0.4, 0.5) is 0 Å². The van der Waals surface area contributed by atoms with Crippen molar-refractivity contribution in [3.05, 3.63) is 12.7 Å². The maximum absolute atomic E-state index is 4.15. The van der Waals surface area contributed by atoms with E-state index in [0.29, 0.717) is 0 Å². The molecule has 41 valence electrons. The third kappa shape index (κ3) is 5.96. The summed E-state index contributed by atoms with van der Waals surface area (Å²) in [7, 11) is 2.30. The van der Waals surface area contributed by atoms with Crippen LogP contribution >= 0.6 is 0 Å². The van der Waals surface area contributed by atoms with Crippen molar-refractivity contribution in [3.8, 4) is 0 Å². The largest absolute Gasteiger partial charge is 1.00 e. The van der Waals surface area contributed by atoms with Gasteiger partial charge in [0.1, 0.15) is 7.28 Å². The van der Waals surface area contributed by atoms with E-state index in [1.807, 2.05) is 0 Å². The van der Waals surface area contributed by atoms with Crippen molar-refractivity contribution < 1.29 is 58.2 Å². The molecule has 0 aliphatic carbocycles. The fraction of sp³-hybridized carbons (Fsp3) is 0.800. The predicted molar refractivity (Wildman–Crippen MR) is 34.9 cm³/mol. The molecule has 1 nitrogen and oxygen atoms in total. The maximum Gasteiger partial charge on any atom is 1.00 e. The molecule has 0 bridgehead atoms. The van der Waals surface area contributed by atoms with E-state index in [-0.39, 0.29) is 65.6 Å². The van der Waals surface area contributed by atoms with Gasteiger partial charge in [0.15, 0.2) is 0 Å². The third-order valence-corrected chi connectivity index (χ3v) is 0.983. The maximum atomic E-state index is 4.15. The molecule has 1 saturated heterocycles. The Hall–Kier alpha value is 1.83. The Morgan fingerprint density at radius 2 is 1.62 bits per heavy atom. The van der Waals surface area contributed by atoms with E-state index in [1.54, 1.807) is 0 Å². The van der Waals surface area contributed by atoms with Crippen LogP contribution in [0.1, 0.15) is 0 Å². The molecule has 0 aromatic rings. The molecule has 1 aliphatic heterocycles. The van der Waals surface area contributed by atoms with Gasteiger partial charge in [0.2, 0.25) is 0 Å². The fourth-order valence-electron chi connectivity index (χ4n) is 0.621. The molecule has 1 rings (SSSR count). The summed E-state index contributed by atoms with van der Waals surface area (Å²) in [5.41, 5.74) is 0. The van der Waals surface area contributed by atoms with Crippen LogP contribution in [0.15, 0.2) is 0 Å². The van der Waals surface area contributed by atoms with Gasteiger partial charge in [-0.1, -0.05) is 12.6 Å². The van der Waals surface area contributed by atoms with Gasteiger partial charge >= 0.3 is 58.2 Å². The van der Waals surface area contributed by atoms with Crippen molar-refractivity contribution in [3.63, 3.8) is 0 Å². The minimum atomic E-state index is 0. The molecule has 1 radical (unpaired) electrons. The summed E-state index contributed by atoms with van der Waals surface area (Å²) in [6.07, 6.45) is 2.42. The van der Waals surface area contributed by atoms with E-state index in [0.717, 1.165) is 13.1 Å². The van der Waals surface area contributed by atoms with E-state index in [1.165, 1.54) is 12.6 Å². The molecule has 0 atom stereocenters. The Morgan fingerprint density at radius 1 is 1.12 bits per heavy atom. The first kappa shape index (κ1) is 12.5. The van der Waals surface area contributed by atoms with Crippen molar-refractivity contribution in [2.45, 2.75) is 12.6 Å². The number of rotatable bonds is 0. The molecule has 3 heteroatoms. The Balaban J connectivity index is 0. The van der Waals surface area contributed by atoms with Crippen molar-refractivity contribution in [1.29, 1.82) is 0 Å². The molecule has 0 aromatic heterocycles. The topological polar surface area (TPSA) is 14.1 Å². The SMILES string of the molecule is [B]1CC[N-]CC1.[CH3-].[Rb+]. The van der Waals surface area contributed by atoms with Gasteiger partial charge in [-0.25, -0.2) is 0 Å². The van der Waals surface area contributed by atoms with Crippen LogP contribution in [-0.4, -0.2) is 20.4 Å². The first-order chi connectivity index (χ1) is 3.00. The molecule has 1 heterocycles. The van der Waals surface area contributed by atoms with Crippen molar-refractivity contribution >= 4 is 7.28 Å². The second kappa shape index (κ2) is 8.83. The van der Waals surface area contributed by atoms with Crippen LogP contribution in [0.25, 0.3) is 5.32 Å². The monoisotopic (exact) mass is 181 g/mol. The zero-order chi connectivity index (χ0) is 4.24. The molecule has 0 unspecified atom stereocenters. The van der Waals surface area contributed by atoms with Gasteiger partial charge in [-0.05, 0) is 0 Å². The molecule has 8 heavy (non-hydrogen) atoms. The predicted octanol–water partition coefficient (Wildman–Crippen LogP) is -1.63. The Labute approximate surface area is 102 Å². The van der Waals surface area contributed by atoms with Crippen molar-refractivity contribution in [1.82, 2.24) is 0 Å². The van der Waals surface area contributed by atoms with Gasteiger partial charge < -0.3 is 12.7 Å². The van der Waals surface area contributed by atoms with Crippen molar-refractivity contribution in [2.75, 3.05) is 13.1 Å². The van der Waals surface area contributed by atoms with Gasteiger partial charge in [0, 0.05) is 0 Å². The number of hydrogen-bond acceptors (Lipinski definition) is 0. The van der Waals surface area contributed by atoms with Crippen LogP contribution in [0.2, 0.25) is 12.6 Å². The van der Waals surface area contributed by atoms with E-state index in [4.69, 9.17) is 0 Å². The summed E-state index contributed by atoms with van der Waals surface area (Å²) in [5.74, 6) is 0. The van der Waals surface area contributed by atoms with E-state index in [9.17, 15) is 0 Å². The van der Waals surface area contributed by atoms with Gasteiger partial charge in [-0.15, -0.1) is 0 Å². The van der Waals surface area contributed by atoms with E-state index < -0.39 is 0 Å². The molecule has 1 aliphatic rings. The summed E-state index contributed by atoms with van der Waals surface area (Å²) >= 11 is 0. The molecule has 1 fully saturated rings. The van der Waals surface area contributed by atoms with Crippen LogP contribution in [-0.2, 0) is 0 Å². The van der Waals surface area contributed by atoms with Gasteiger partial charge in [-0.2, -0.15) is 13.1 Å². The molecular formula is C5H11BNRb-. The fourth-order valence-corrected chi connectivity index (χ4v) is 0.621.